The van der Waals surface area contributed by atoms with Gasteiger partial charge in [-0.15, -0.1) is 0 Å². The van der Waals surface area contributed by atoms with Gasteiger partial charge in [0.15, 0.2) is 0 Å². The van der Waals surface area contributed by atoms with Crippen molar-refractivity contribution in [2.24, 2.45) is 0 Å². The maximum Gasteiger partial charge on any atom is 0.290 e. The Morgan fingerprint density at radius 2 is 2.00 bits per heavy atom. The first kappa shape index (κ1) is 15.8. The molecule has 1 N–H and O–H groups in total. The van der Waals surface area contributed by atoms with Crippen molar-refractivity contribution in [3.05, 3.63) is 50.6 Å². The Kier molecular flexibility index (Phi) is 4.04. The van der Waals surface area contributed by atoms with Crippen LogP contribution in [0.3, 0.4) is 0 Å². The number of aryl methyl sites for hydroxylation is 3. The van der Waals surface area contributed by atoms with Gasteiger partial charge < -0.3 is 0 Å². The minimum Gasteiger partial charge on any atom is -0.282 e. The molecule has 3 rings (SSSR count). The van der Waals surface area contributed by atoms with Crippen molar-refractivity contribution in [1.29, 1.82) is 0 Å². The number of amides is 2. The zero-order valence-electron chi connectivity index (χ0n) is 12.8. The monoisotopic (exact) mass is 347 g/mol. The Bertz CT molecular complexity index is 870. The van der Waals surface area contributed by atoms with Crippen molar-refractivity contribution in [2.75, 3.05) is 0 Å². The summed E-state index contributed by atoms with van der Waals surface area (Å²) in [5.41, 5.74) is 4.37. The average Bonchev–Trinajstić information content (AvgIpc) is 2.95. The van der Waals surface area contributed by atoms with Gasteiger partial charge in [0.1, 0.15) is 5.15 Å². The Balaban J connectivity index is 2.10. The molecular weight excluding hydrogens is 334 g/mol. The fraction of sp³-hybridized carbons (Fsp3) is 0.188. The second kappa shape index (κ2) is 5.86. The van der Waals surface area contributed by atoms with Crippen LogP contribution in [0.1, 0.15) is 22.4 Å². The van der Waals surface area contributed by atoms with Crippen LogP contribution >= 0.6 is 23.4 Å². The molecule has 0 radical (unpaired) electrons. The first-order valence-electron chi connectivity index (χ1n) is 6.94. The number of aromatic nitrogens is 2. The van der Waals surface area contributed by atoms with Crippen LogP contribution in [0.2, 0.25) is 5.15 Å². The van der Waals surface area contributed by atoms with Gasteiger partial charge in [-0.1, -0.05) is 23.7 Å². The van der Waals surface area contributed by atoms with Crippen molar-refractivity contribution < 1.29 is 9.59 Å². The molecule has 1 aromatic carbocycles. The number of nitrogens with zero attached hydrogens (tertiary/aromatic N) is 2. The third-order valence-corrected chi connectivity index (χ3v) is 4.73. The van der Waals surface area contributed by atoms with E-state index in [1.807, 2.05) is 39.0 Å². The van der Waals surface area contributed by atoms with Crippen molar-refractivity contribution in [3.8, 4) is 5.69 Å². The van der Waals surface area contributed by atoms with E-state index in [0.717, 1.165) is 28.6 Å². The summed E-state index contributed by atoms with van der Waals surface area (Å²) >= 11 is 7.34. The summed E-state index contributed by atoms with van der Waals surface area (Å²) in [6.07, 6.45) is 1.61. The maximum atomic E-state index is 11.7. The number of hydrogen-bond donors (Lipinski definition) is 1. The summed E-state index contributed by atoms with van der Waals surface area (Å²) in [6, 6.07) is 6.04. The van der Waals surface area contributed by atoms with Gasteiger partial charge in [0, 0.05) is 5.56 Å². The average molecular weight is 348 g/mol. The highest BCUT2D eigenvalue weighted by Crippen LogP contribution is 2.31. The predicted octanol–water partition coefficient (Wildman–Crippen LogP) is 3.77. The standard InChI is InChI=1S/C16H14ClN3O2S/c1-8-4-5-9(2)12(6-8)20-14(17)11(10(3)19-20)7-13-15(21)18-16(22)23-13/h4-7H,1-3H3,(H,18,21,22)/b13-7-. The molecule has 23 heavy (non-hydrogen) atoms. The van der Waals surface area contributed by atoms with E-state index in [0.29, 0.717) is 21.3 Å². The minimum atomic E-state index is -0.407. The molecule has 0 spiro atoms. The number of benzene rings is 1. The first-order valence-corrected chi connectivity index (χ1v) is 8.14. The van der Waals surface area contributed by atoms with Crippen LogP contribution in [0.4, 0.5) is 4.79 Å². The van der Waals surface area contributed by atoms with Gasteiger partial charge in [0.2, 0.25) is 0 Å². The zero-order chi connectivity index (χ0) is 16.7. The smallest absolute Gasteiger partial charge is 0.282 e. The van der Waals surface area contributed by atoms with Crippen LogP contribution < -0.4 is 5.32 Å². The molecule has 5 nitrogen and oxygen atoms in total. The Hall–Kier alpha value is -2.05. The molecule has 2 amide bonds. The van der Waals surface area contributed by atoms with E-state index in [4.69, 9.17) is 11.6 Å². The number of rotatable bonds is 2. The molecule has 0 aliphatic carbocycles. The molecule has 1 fully saturated rings. The highest BCUT2D eigenvalue weighted by Gasteiger charge is 2.26. The molecule has 2 aromatic rings. The fourth-order valence-corrected chi connectivity index (χ4v) is 3.32. The molecule has 2 heterocycles. The lowest BCUT2D eigenvalue weighted by atomic mass is 10.1. The fourth-order valence-electron chi connectivity index (χ4n) is 2.33. The minimum absolute atomic E-state index is 0.320. The van der Waals surface area contributed by atoms with E-state index in [-0.39, 0.29) is 5.24 Å². The summed E-state index contributed by atoms with van der Waals surface area (Å²) < 4.78 is 1.66. The number of hydrogen-bond acceptors (Lipinski definition) is 4. The molecular formula is C16H14ClN3O2S. The third-order valence-electron chi connectivity index (χ3n) is 3.56. The van der Waals surface area contributed by atoms with E-state index in [1.54, 1.807) is 10.8 Å². The van der Waals surface area contributed by atoms with Gasteiger partial charge in [0.25, 0.3) is 11.1 Å². The SMILES string of the molecule is Cc1ccc(C)c(-n2nc(C)c(/C=C3\SC(=O)NC3=O)c2Cl)c1. The maximum absolute atomic E-state index is 11.7. The van der Waals surface area contributed by atoms with E-state index in [1.165, 1.54) is 0 Å². The van der Waals surface area contributed by atoms with Crippen LogP contribution in [0, 0.1) is 20.8 Å². The molecule has 0 saturated carbocycles. The van der Waals surface area contributed by atoms with E-state index in [9.17, 15) is 9.59 Å². The van der Waals surface area contributed by atoms with Crippen LogP contribution in [0.15, 0.2) is 23.1 Å². The molecule has 1 aromatic heterocycles. The topological polar surface area (TPSA) is 64.0 Å². The van der Waals surface area contributed by atoms with Crippen LogP contribution in [-0.2, 0) is 4.79 Å². The Labute approximate surface area is 142 Å². The lowest BCUT2D eigenvalue weighted by Gasteiger charge is -2.08. The van der Waals surface area contributed by atoms with Gasteiger partial charge >= 0.3 is 0 Å². The van der Waals surface area contributed by atoms with Crippen molar-refractivity contribution in [3.63, 3.8) is 0 Å². The summed E-state index contributed by atoms with van der Waals surface area (Å²) in [5, 5.41) is 6.75. The normalized spacial score (nSPS) is 16.3. The van der Waals surface area contributed by atoms with Gasteiger partial charge in [-0.25, -0.2) is 4.68 Å². The molecule has 118 valence electrons. The zero-order valence-corrected chi connectivity index (χ0v) is 14.4. The van der Waals surface area contributed by atoms with Gasteiger partial charge in [-0.2, -0.15) is 5.10 Å². The van der Waals surface area contributed by atoms with Crippen molar-refractivity contribution >= 4 is 40.6 Å². The number of carbonyl (C=O) groups is 2. The molecule has 0 bridgehead atoms. The number of imide groups is 1. The molecule has 1 saturated heterocycles. The third kappa shape index (κ3) is 2.92. The summed E-state index contributed by atoms with van der Waals surface area (Å²) in [4.78, 5) is 23.3. The van der Waals surface area contributed by atoms with Gasteiger partial charge in [-0.05, 0) is 55.8 Å². The highest BCUT2D eigenvalue weighted by molar-refractivity contribution is 8.18. The molecule has 1 aliphatic heterocycles. The second-order valence-corrected chi connectivity index (χ2v) is 6.72. The predicted molar refractivity (Wildman–Crippen MR) is 91.9 cm³/mol. The van der Waals surface area contributed by atoms with Crippen LogP contribution in [-0.4, -0.2) is 20.9 Å². The summed E-state index contributed by atoms with van der Waals surface area (Å²) in [6.45, 7) is 5.81. The molecule has 0 atom stereocenters. The highest BCUT2D eigenvalue weighted by atomic mass is 35.5. The lowest BCUT2D eigenvalue weighted by Crippen LogP contribution is -2.17. The second-order valence-electron chi connectivity index (χ2n) is 5.34. The van der Waals surface area contributed by atoms with Crippen molar-refractivity contribution in [1.82, 2.24) is 15.1 Å². The molecule has 1 aliphatic rings. The van der Waals surface area contributed by atoms with Crippen molar-refractivity contribution in [2.45, 2.75) is 20.8 Å². The lowest BCUT2D eigenvalue weighted by molar-refractivity contribution is -0.115. The van der Waals surface area contributed by atoms with E-state index >= 15 is 0 Å². The molecule has 7 heteroatoms. The van der Waals surface area contributed by atoms with Gasteiger partial charge in [0.05, 0.1) is 16.3 Å². The number of nitrogens with one attached hydrogen (secondary N) is 1. The summed E-state index contributed by atoms with van der Waals surface area (Å²) in [7, 11) is 0. The quantitative estimate of drug-likeness (QED) is 0.840. The number of halogens is 1. The van der Waals surface area contributed by atoms with E-state index in [2.05, 4.69) is 10.4 Å². The largest absolute Gasteiger partial charge is 0.290 e. The summed E-state index contributed by atoms with van der Waals surface area (Å²) in [5.74, 6) is -0.407. The molecule has 0 unspecified atom stereocenters. The number of thioether (sulfide) groups is 1. The van der Waals surface area contributed by atoms with Crippen LogP contribution in [0.25, 0.3) is 11.8 Å². The van der Waals surface area contributed by atoms with Crippen LogP contribution in [0.5, 0.6) is 0 Å². The Morgan fingerprint density at radius 3 is 2.65 bits per heavy atom. The van der Waals surface area contributed by atoms with Gasteiger partial charge in [-0.3, -0.25) is 14.9 Å². The Morgan fingerprint density at radius 1 is 1.26 bits per heavy atom. The van der Waals surface area contributed by atoms with E-state index < -0.39 is 5.91 Å². The first-order chi connectivity index (χ1) is 10.9. The number of carbonyl (C=O) groups excluding carboxylic acids is 2.